The maximum absolute atomic E-state index is 11.9. The van der Waals surface area contributed by atoms with Crippen LogP contribution >= 0.6 is 46.9 Å². The number of halogens is 2. The molecule has 0 unspecified atom stereocenters. The standard InChI is InChI=1S/C18H23ClN4OS.HI/c1-22(2)17(24)12-21-18(20-11-15-8-6-10-25-15)23(3)13-14-7-4-5-9-16(14)19;/h4-10H,11-13H2,1-3H3,(H,20,21);1H. The SMILES string of the molecule is CN(C)C(=O)CN=C(NCc1cccs1)N(C)Cc1ccccc1Cl.I. The van der Waals surface area contributed by atoms with Crippen LogP contribution in [0.15, 0.2) is 46.8 Å². The third kappa shape index (κ3) is 7.13. The Hall–Kier alpha value is -1.32. The molecule has 0 spiro atoms. The van der Waals surface area contributed by atoms with Gasteiger partial charge in [0.05, 0.1) is 6.54 Å². The van der Waals surface area contributed by atoms with E-state index in [1.165, 1.54) is 9.78 Å². The number of carbonyl (C=O) groups excluding carboxylic acids is 1. The molecule has 1 N–H and O–H groups in total. The van der Waals surface area contributed by atoms with Gasteiger partial charge < -0.3 is 15.1 Å². The molecule has 142 valence electrons. The Kier molecular flexibility index (Phi) is 9.97. The first-order valence-corrected chi connectivity index (χ1v) is 9.18. The summed E-state index contributed by atoms with van der Waals surface area (Å²) in [7, 11) is 5.39. The molecule has 0 radical (unpaired) electrons. The van der Waals surface area contributed by atoms with Crippen LogP contribution in [-0.4, -0.2) is 49.4 Å². The first-order chi connectivity index (χ1) is 12.0. The third-order valence-electron chi connectivity index (χ3n) is 3.59. The summed E-state index contributed by atoms with van der Waals surface area (Å²) in [5.41, 5.74) is 1.01. The summed E-state index contributed by atoms with van der Waals surface area (Å²) < 4.78 is 0. The molecule has 0 aliphatic heterocycles. The number of guanidine groups is 1. The molecule has 8 heteroatoms. The van der Waals surface area contributed by atoms with Crippen LogP contribution in [0.3, 0.4) is 0 Å². The lowest BCUT2D eigenvalue weighted by Crippen LogP contribution is -2.39. The maximum Gasteiger partial charge on any atom is 0.243 e. The van der Waals surface area contributed by atoms with Gasteiger partial charge in [-0.15, -0.1) is 35.3 Å². The summed E-state index contributed by atoms with van der Waals surface area (Å²) in [4.78, 5) is 21.1. The molecule has 5 nitrogen and oxygen atoms in total. The van der Waals surface area contributed by atoms with Crippen LogP contribution in [0.5, 0.6) is 0 Å². The summed E-state index contributed by atoms with van der Waals surface area (Å²) in [6.07, 6.45) is 0. The fraction of sp³-hybridized carbons (Fsp3) is 0.333. The number of benzene rings is 1. The van der Waals surface area contributed by atoms with E-state index in [9.17, 15) is 4.79 Å². The van der Waals surface area contributed by atoms with Crippen LogP contribution in [0, 0.1) is 0 Å². The lowest BCUT2D eigenvalue weighted by atomic mass is 10.2. The van der Waals surface area contributed by atoms with E-state index in [1.54, 1.807) is 25.4 Å². The van der Waals surface area contributed by atoms with E-state index in [-0.39, 0.29) is 36.4 Å². The summed E-state index contributed by atoms with van der Waals surface area (Å²) in [6, 6.07) is 11.8. The number of aliphatic imine (C=N–C) groups is 1. The second-order valence-corrected chi connectivity index (χ2v) is 7.25. The summed E-state index contributed by atoms with van der Waals surface area (Å²) in [6.45, 7) is 1.37. The Morgan fingerprint density at radius 1 is 1.19 bits per heavy atom. The molecule has 0 aliphatic carbocycles. The van der Waals surface area contributed by atoms with Crippen molar-refractivity contribution >= 4 is 58.8 Å². The Morgan fingerprint density at radius 3 is 2.54 bits per heavy atom. The van der Waals surface area contributed by atoms with Crippen LogP contribution in [0.4, 0.5) is 0 Å². The minimum absolute atomic E-state index is 0. The monoisotopic (exact) mass is 506 g/mol. The van der Waals surface area contributed by atoms with Gasteiger partial charge in [-0.3, -0.25) is 4.79 Å². The van der Waals surface area contributed by atoms with Crippen LogP contribution < -0.4 is 5.32 Å². The molecule has 26 heavy (non-hydrogen) atoms. The Morgan fingerprint density at radius 2 is 1.92 bits per heavy atom. The van der Waals surface area contributed by atoms with E-state index in [4.69, 9.17) is 11.6 Å². The zero-order valence-corrected chi connectivity index (χ0v) is 19.0. The topological polar surface area (TPSA) is 47.9 Å². The van der Waals surface area contributed by atoms with Gasteiger partial charge in [0.25, 0.3) is 0 Å². The van der Waals surface area contributed by atoms with E-state index < -0.39 is 0 Å². The van der Waals surface area contributed by atoms with Crippen molar-refractivity contribution in [3.8, 4) is 0 Å². The highest BCUT2D eigenvalue weighted by Crippen LogP contribution is 2.16. The molecule has 1 aromatic heterocycles. The van der Waals surface area contributed by atoms with Gasteiger partial charge >= 0.3 is 0 Å². The highest BCUT2D eigenvalue weighted by molar-refractivity contribution is 14.0. The first kappa shape index (κ1) is 22.7. The third-order valence-corrected chi connectivity index (χ3v) is 4.84. The molecular weight excluding hydrogens is 483 g/mol. The second-order valence-electron chi connectivity index (χ2n) is 5.81. The van der Waals surface area contributed by atoms with Gasteiger partial charge in [-0.25, -0.2) is 4.99 Å². The van der Waals surface area contributed by atoms with Crippen molar-refractivity contribution in [2.45, 2.75) is 13.1 Å². The zero-order chi connectivity index (χ0) is 18.2. The van der Waals surface area contributed by atoms with Crippen LogP contribution in [0.1, 0.15) is 10.4 Å². The quantitative estimate of drug-likeness (QED) is 0.369. The number of carbonyl (C=O) groups is 1. The average molecular weight is 507 g/mol. The fourth-order valence-corrected chi connectivity index (χ4v) is 2.97. The zero-order valence-electron chi connectivity index (χ0n) is 15.1. The number of nitrogens with one attached hydrogen (secondary N) is 1. The number of nitrogens with zero attached hydrogens (tertiary/aromatic N) is 3. The van der Waals surface area contributed by atoms with E-state index in [0.717, 1.165) is 10.6 Å². The fourth-order valence-electron chi connectivity index (χ4n) is 2.13. The molecule has 2 rings (SSSR count). The van der Waals surface area contributed by atoms with E-state index in [1.807, 2.05) is 47.7 Å². The number of hydrogen-bond acceptors (Lipinski definition) is 3. The van der Waals surface area contributed by atoms with Crippen molar-refractivity contribution < 1.29 is 4.79 Å². The van der Waals surface area contributed by atoms with Gasteiger partial charge in [0.15, 0.2) is 5.96 Å². The summed E-state index contributed by atoms with van der Waals surface area (Å²) in [5, 5.41) is 6.09. The molecule has 1 heterocycles. The van der Waals surface area contributed by atoms with Crippen molar-refractivity contribution in [1.82, 2.24) is 15.1 Å². The van der Waals surface area contributed by atoms with Crippen molar-refractivity contribution in [3.05, 3.63) is 57.2 Å². The second kappa shape index (κ2) is 11.4. The van der Waals surface area contributed by atoms with Gasteiger partial charge in [-0.1, -0.05) is 35.9 Å². The molecule has 0 atom stereocenters. The molecule has 2 aromatic rings. The number of amides is 1. The normalized spacial score (nSPS) is 10.8. The predicted octanol–water partition coefficient (Wildman–Crippen LogP) is 3.69. The van der Waals surface area contributed by atoms with Crippen LogP contribution in [0.2, 0.25) is 5.02 Å². The minimum Gasteiger partial charge on any atom is -0.351 e. The average Bonchev–Trinajstić information content (AvgIpc) is 3.10. The van der Waals surface area contributed by atoms with Gasteiger partial charge in [-0.05, 0) is 23.1 Å². The van der Waals surface area contributed by atoms with E-state index in [2.05, 4.69) is 16.4 Å². The Labute approximate surface area is 181 Å². The van der Waals surface area contributed by atoms with Crippen molar-refractivity contribution in [3.63, 3.8) is 0 Å². The molecular formula is C18H24ClIN4OS. The molecule has 0 aliphatic rings. The van der Waals surface area contributed by atoms with E-state index >= 15 is 0 Å². The lowest BCUT2D eigenvalue weighted by Gasteiger charge is -2.23. The van der Waals surface area contributed by atoms with Gasteiger partial charge in [0.2, 0.25) is 5.91 Å². The van der Waals surface area contributed by atoms with Crippen LogP contribution in [-0.2, 0) is 17.9 Å². The highest BCUT2D eigenvalue weighted by Gasteiger charge is 2.11. The summed E-state index contributed by atoms with van der Waals surface area (Å²) in [5.74, 6) is 0.630. The van der Waals surface area contributed by atoms with Crippen LogP contribution in [0.25, 0.3) is 0 Å². The van der Waals surface area contributed by atoms with Gasteiger partial charge in [0, 0.05) is 37.6 Å². The molecule has 0 saturated heterocycles. The largest absolute Gasteiger partial charge is 0.351 e. The number of hydrogen-bond donors (Lipinski definition) is 1. The Balaban J connectivity index is 0.00000338. The molecule has 0 saturated carbocycles. The highest BCUT2D eigenvalue weighted by atomic mass is 127. The number of rotatable bonds is 6. The summed E-state index contributed by atoms with van der Waals surface area (Å²) >= 11 is 7.93. The Bertz CT molecular complexity index is 722. The maximum atomic E-state index is 11.9. The van der Waals surface area contributed by atoms with E-state index in [0.29, 0.717) is 19.0 Å². The van der Waals surface area contributed by atoms with Crippen molar-refractivity contribution in [2.75, 3.05) is 27.7 Å². The first-order valence-electron chi connectivity index (χ1n) is 7.92. The lowest BCUT2D eigenvalue weighted by molar-refractivity contribution is -0.127. The predicted molar refractivity (Wildman–Crippen MR) is 120 cm³/mol. The molecule has 1 aromatic carbocycles. The van der Waals surface area contributed by atoms with Crippen molar-refractivity contribution in [2.24, 2.45) is 4.99 Å². The molecule has 0 fully saturated rings. The number of thiophene rings is 1. The smallest absolute Gasteiger partial charge is 0.243 e. The molecule has 0 bridgehead atoms. The van der Waals surface area contributed by atoms with Gasteiger partial charge in [0.1, 0.15) is 6.54 Å². The van der Waals surface area contributed by atoms with Crippen molar-refractivity contribution in [1.29, 1.82) is 0 Å². The minimum atomic E-state index is -0.0402. The molecule has 1 amide bonds. The number of likely N-dealkylation sites (N-methyl/N-ethyl adjacent to an activating group) is 1. The van der Waals surface area contributed by atoms with Gasteiger partial charge in [-0.2, -0.15) is 0 Å².